The fourth-order valence-electron chi connectivity index (χ4n) is 8.89. The van der Waals surface area contributed by atoms with Crippen molar-refractivity contribution < 1.29 is 9.84 Å². The third kappa shape index (κ3) is 2.47. The highest BCUT2D eigenvalue weighted by Gasteiger charge is 2.60. The van der Waals surface area contributed by atoms with Gasteiger partial charge in [0.25, 0.3) is 0 Å². The van der Waals surface area contributed by atoms with Crippen LogP contribution < -0.4 is 5.32 Å². The number of aliphatic hydroxyl groups is 1. The maximum absolute atomic E-state index is 10.2. The minimum atomic E-state index is -0.109. The number of hydrogen-bond acceptors (Lipinski definition) is 3. The van der Waals surface area contributed by atoms with E-state index in [1.54, 1.807) is 16.7 Å². The van der Waals surface area contributed by atoms with Crippen LogP contribution in [0, 0.1) is 29.1 Å². The van der Waals surface area contributed by atoms with Crippen LogP contribution in [0.4, 0.5) is 0 Å². The zero-order chi connectivity index (χ0) is 20.0. The molecule has 0 radical (unpaired) electrons. The standard InChI is InChI=1S/C26H39NO2/c1-15-21-14-22-20(7-6-17-13-18(28)8-10-25(17,22)3)19(21)9-11-26(15)16(2)24-23(29-26)5-4-12-27-24/h6,16,18-20,22-24,27-28H,4-5,7-14H2,1-3H3/t16-,18+,19+,20+,22+,23-,24+,25+,26+/m1/s1. The zero-order valence-electron chi connectivity index (χ0n) is 18.5. The van der Waals surface area contributed by atoms with E-state index in [0.717, 1.165) is 37.1 Å². The van der Waals surface area contributed by atoms with E-state index < -0.39 is 0 Å². The molecule has 4 aliphatic carbocycles. The number of rotatable bonds is 0. The van der Waals surface area contributed by atoms with E-state index in [2.05, 4.69) is 32.2 Å². The van der Waals surface area contributed by atoms with Crippen molar-refractivity contribution in [3.8, 4) is 0 Å². The van der Waals surface area contributed by atoms with E-state index >= 15 is 0 Å². The minimum absolute atomic E-state index is 0.00801. The van der Waals surface area contributed by atoms with Crippen LogP contribution in [0.3, 0.4) is 0 Å². The lowest BCUT2D eigenvalue weighted by atomic mass is 9.56. The van der Waals surface area contributed by atoms with E-state index in [9.17, 15) is 5.11 Å². The van der Waals surface area contributed by atoms with Gasteiger partial charge in [0.1, 0.15) is 0 Å². The Hall–Kier alpha value is -0.640. The van der Waals surface area contributed by atoms with Gasteiger partial charge in [-0.05, 0) is 100.0 Å². The lowest BCUT2D eigenvalue weighted by Gasteiger charge is -2.49. The molecule has 0 aromatic rings. The summed E-state index contributed by atoms with van der Waals surface area (Å²) in [6, 6.07) is 0.546. The molecule has 2 aliphatic heterocycles. The van der Waals surface area contributed by atoms with Gasteiger partial charge in [-0.2, -0.15) is 0 Å². The third-order valence-corrected chi connectivity index (χ3v) is 10.6. The fraction of sp³-hybridized carbons (Fsp3) is 0.846. The normalized spacial score (nSPS) is 53.9. The summed E-state index contributed by atoms with van der Waals surface area (Å²) in [4.78, 5) is 0. The number of piperidine rings is 1. The summed E-state index contributed by atoms with van der Waals surface area (Å²) in [5.41, 5.74) is 5.28. The van der Waals surface area contributed by atoms with Crippen molar-refractivity contribution >= 4 is 0 Å². The monoisotopic (exact) mass is 397 g/mol. The number of aliphatic hydroxyl groups excluding tert-OH is 1. The molecule has 0 amide bonds. The van der Waals surface area contributed by atoms with Gasteiger partial charge in [0.15, 0.2) is 0 Å². The van der Waals surface area contributed by atoms with Crippen LogP contribution in [-0.2, 0) is 4.74 Å². The molecule has 3 heteroatoms. The largest absolute Gasteiger partial charge is 0.393 e. The molecule has 3 nitrogen and oxygen atoms in total. The highest BCUT2D eigenvalue weighted by molar-refractivity contribution is 5.38. The molecule has 29 heavy (non-hydrogen) atoms. The average molecular weight is 398 g/mol. The van der Waals surface area contributed by atoms with E-state index in [1.807, 2.05) is 0 Å². The molecule has 6 rings (SSSR count). The molecular formula is C26H39NO2. The first-order valence-electron chi connectivity index (χ1n) is 12.4. The molecule has 4 fully saturated rings. The fourth-order valence-corrected chi connectivity index (χ4v) is 8.89. The van der Waals surface area contributed by atoms with Crippen molar-refractivity contribution in [3.05, 3.63) is 22.8 Å². The van der Waals surface area contributed by atoms with Crippen LogP contribution in [0.25, 0.3) is 0 Å². The topological polar surface area (TPSA) is 41.5 Å². The van der Waals surface area contributed by atoms with E-state index in [0.29, 0.717) is 23.5 Å². The average Bonchev–Trinajstić information content (AvgIpc) is 3.24. The first kappa shape index (κ1) is 19.1. The summed E-state index contributed by atoms with van der Waals surface area (Å²) in [5, 5.41) is 14.0. The summed E-state index contributed by atoms with van der Waals surface area (Å²) < 4.78 is 6.96. The number of allylic oxidation sites excluding steroid dienone is 2. The third-order valence-electron chi connectivity index (χ3n) is 10.6. The Balaban J connectivity index is 1.35. The lowest BCUT2D eigenvalue weighted by molar-refractivity contribution is -0.0504. The molecule has 6 aliphatic rings. The van der Waals surface area contributed by atoms with Crippen molar-refractivity contribution in [2.45, 2.75) is 102 Å². The molecule has 9 atom stereocenters. The van der Waals surface area contributed by atoms with Crippen molar-refractivity contribution in [1.82, 2.24) is 5.32 Å². The van der Waals surface area contributed by atoms with Crippen molar-refractivity contribution in [2.75, 3.05) is 6.54 Å². The van der Waals surface area contributed by atoms with Gasteiger partial charge in [0.2, 0.25) is 0 Å². The first-order valence-corrected chi connectivity index (χ1v) is 12.4. The Labute approximate surface area is 176 Å². The van der Waals surface area contributed by atoms with Gasteiger partial charge in [-0.25, -0.2) is 0 Å². The maximum Gasteiger partial charge on any atom is 0.0937 e. The molecule has 2 saturated heterocycles. The van der Waals surface area contributed by atoms with Crippen molar-refractivity contribution in [3.63, 3.8) is 0 Å². The summed E-state index contributed by atoms with van der Waals surface area (Å²) in [6.07, 6.45) is 13.5. The molecule has 2 saturated carbocycles. The van der Waals surface area contributed by atoms with Gasteiger partial charge < -0.3 is 15.2 Å². The Morgan fingerprint density at radius 2 is 2.03 bits per heavy atom. The van der Waals surface area contributed by atoms with Gasteiger partial charge in [-0.3, -0.25) is 0 Å². The van der Waals surface area contributed by atoms with Gasteiger partial charge >= 0.3 is 0 Å². The second-order valence-electron chi connectivity index (χ2n) is 11.5. The Kier molecular flexibility index (Phi) is 4.23. The number of fused-ring (bicyclic) bond motifs is 6. The number of nitrogens with one attached hydrogen (secondary N) is 1. The molecule has 2 N–H and O–H groups in total. The quantitative estimate of drug-likeness (QED) is 0.579. The maximum atomic E-state index is 10.2. The second kappa shape index (κ2) is 6.43. The van der Waals surface area contributed by atoms with Gasteiger partial charge in [0, 0.05) is 12.0 Å². The van der Waals surface area contributed by atoms with Crippen molar-refractivity contribution in [1.29, 1.82) is 0 Å². The van der Waals surface area contributed by atoms with Crippen LogP contribution in [0.5, 0.6) is 0 Å². The molecular weight excluding hydrogens is 358 g/mol. The van der Waals surface area contributed by atoms with Gasteiger partial charge in [0.05, 0.1) is 17.8 Å². The molecule has 0 bridgehead atoms. The Morgan fingerprint density at radius 1 is 1.17 bits per heavy atom. The summed E-state index contributed by atoms with van der Waals surface area (Å²) >= 11 is 0. The van der Waals surface area contributed by atoms with Gasteiger partial charge in [-0.15, -0.1) is 0 Å². The highest BCUT2D eigenvalue weighted by Crippen LogP contribution is 2.65. The van der Waals surface area contributed by atoms with Crippen molar-refractivity contribution in [2.24, 2.45) is 29.1 Å². The molecule has 0 unspecified atom stereocenters. The zero-order valence-corrected chi connectivity index (χ0v) is 18.5. The molecule has 0 aromatic heterocycles. The van der Waals surface area contributed by atoms with Crippen LogP contribution in [0.1, 0.15) is 78.6 Å². The van der Waals surface area contributed by atoms with Crippen LogP contribution in [-0.4, -0.2) is 35.5 Å². The lowest BCUT2D eigenvalue weighted by Crippen LogP contribution is -2.47. The second-order valence-corrected chi connectivity index (χ2v) is 11.5. The summed E-state index contributed by atoms with van der Waals surface area (Å²) in [5.74, 6) is 2.95. The van der Waals surface area contributed by atoms with E-state index in [4.69, 9.17) is 4.74 Å². The predicted octanol–water partition coefficient (Wildman–Crippen LogP) is 4.76. The number of hydrogen-bond donors (Lipinski definition) is 2. The predicted molar refractivity (Wildman–Crippen MR) is 115 cm³/mol. The van der Waals surface area contributed by atoms with Crippen LogP contribution in [0.15, 0.2) is 22.8 Å². The van der Waals surface area contributed by atoms with Gasteiger partial charge in [-0.1, -0.05) is 31.1 Å². The Bertz CT molecular complexity index is 771. The molecule has 2 heterocycles. The summed E-state index contributed by atoms with van der Waals surface area (Å²) in [7, 11) is 0. The SMILES string of the molecule is CC1=C2C[C@H]3[C@@H](CC=C4C[C@@H](O)CC[C@@]43C)[C@@H]2CC[C@]12O[C@@H]1CCCN[C@H]1[C@H]2C. The van der Waals surface area contributed by atoms with Crippen LogP contribution >= 0.6 is 0 Å². The molecule has 160 valence electrons. The van der Waals surface area contributed by atoms with E-state index in [-0.39, 0.29) is 11.7 Å². The summed E-state index contributed by atoms with van der Waals surface area (Å²) in [6.45, 7) is 8.58. The highest BCUT2D eigenvalue weighted by atomic mass is 16.5. The Morgan fingerprint density at radius 3 is 2.86 bits per heavy atom. The smallest absolute Gasteiger partial charge is 0.0937 e. The first-order chi connectivity index (χ1) is 13.9. The van der Waals surface area contributed by atoms with Crippen LogP contribution in [0.2, 0.25) is 0 Å². The number of ether oxygens (including phenoxy) is 1. The molecule has 0 aromatic carbocycles. The van der Waals surface area contributed by atoms with E-state index in [1.165, 1.54) is 44.9 Å². The molecule has 1 spiro atoms. The minimum Gasteiger partial charge on any atom is -0.393 e.